The highest BCUT2D eigenvalue weighted by molar-refractivity contribution is 5.87. The van der Waals surface area contributed by atoms with Crippen LogP contribution in [0.1, 0.15) is 23.7 Å². The van der Waals surface area contributed by atoms with E-state index in [1.165, 1.54) is 11.6 Å². The Morgan fingerprint density at radius 1 is 1.26 bits per heavy atom. The van der Waals surface area contributed by atoms with Crippen molar-refractivity contribution in [1.29, 1.82) is 0 Å². The number of halogens is 1. The number of nitrogens with zero attached hydrogens (tertiary/aromatic N) is 3. The molecule has 0 atom stereocenters. The molecule has 0 unspecified atom stereocenters. The lowest BCUT2D eigenvalue weighted by Crippen LogP contribution is -2.31. The minimum Gasteiger partial charge on any atom is -0.465 e. The third-order valence-electron chi connectivity index (χ3n) is 5.04. The number of rotatable bonds is 5. The zero-order valence-electron chi connectivity index (χ0n) is 15.3. The number of ether oxygens (including phenoxy) is 1. The summed E-state index contributed by atoms with van der Waals surface area (Å²) in [6.07, 6.45) is 4.41. The maximum Gasteiger partial charge on any atom is 0.325 e. The molecule has 6 heteroatoms. The third-order valence-corrected chi connectivity index (χ3v) is 5.04. The van der Waals surface area contributed by atoms with Crippen LogP contribution in [0, 0.1) is 5.82 Å². The summed E-state index contributed by atoms with van der Waals surface area (Å²) >= 11 is 0. The first-order valence-electron chi connectivity index (χ1n) is 9.22. The number of carbonyl (C=O) groups is 1. The lowest BCUT2D eigenvalue weighted by Gasteiger charge is -2.28. The minimum atomic E-state index is -0.263. The zero-order valence-corrected chi connectivity index (χ0v) is 15.3. The SMILES string of the molecule is CCOC(=O)Cn1c2c(c3cc(F)ccc31)CN(Cc1ccncc1)CC2. The van der Waals surface area contributed by atoms with E-state index in [1.807, 2.05) is 16.7 Å². The molecule has 0 bridgehead atoms. The second-order valence-electron chi connectivity index (χ2n) is 6.79. The average molecular weight is 367 g/mol. The van der Waals surface area contributed by atoms with Gasteiger partial charge in [-0.3, -0.25) is 14.7 Å². The quantitative estimate of drug-likeness (QED) is 0.649. The average Bonchev–Trinajstić information content (AvgIpc) is 2.95. The van der Waals surface area contributed by atoms with E-state index >= 15 is 0 Å². The molecule has 4 rings (SSSR count). The number of benzene rings is 1. The van der Waals surface area contributed by atoms with Gasteiger partial charge in [-0.05, 0) is 48.4 Å². The van der Waals surface area contributed by atoms with Gasteiger partial charge in [-0.2, -0.15) is 0 Å². The molecule has 1 aromatic carbocycles. The van der Waals surface area contributed by atoms with Gasteiger partial charge < -0.3 is 9.30 Å². The molecule has 2 aromatic heterocycles. The van der Waals surface area contributed by atoms with E-state index in [2.05, 4.69) is 9.88 Å². The first kappa shape index (κ1) is 17.7. The number of carbonyl (C=O) groups excluding carboxylic acids is 1. The zero-order chi connectivity index (χ0) is 18.8. The van der Waals surface area contributed by atoms with Crippen LogP contribution in [-0.4, -0.2) is 33.6 Å². The molecular formula is C21H22FN3O2. The number of fused-ring (bicyclic) bond motifs is 3. The number of aromatic nitrogens is 2. The Bertz CT molecular complexity index is 968. The smallest absolute Gasteiger partial charge is 0.325 e. The fraction of sp³-hybridized carbons (Fsp3) is 0.333. The van der Waals surface area contributed by atoms with Gasteiger partial charge in [0.1, 0.15) is 12.4 Å². The van der Waals surface area contributed by atoms with Crippen molar-refractivity contribution in [2.75, 3.05) is 13.2 Å². The van der Waals surface area contributed by atoms with Crippen LogP contribution in [0.15, 0.2) is 42.7 Å². The Kier molecular flexibility index (Phi) is 4.90. The highest BCUT2D eigenvalue weighted by Crippen LogP contribution is 2.32. The van der Waals surface area contributed by atoms with E-state index in [9.17, 15) is 9.18 Å². The van der Waals surface area contributed by atoms with E-state index in [4.69, 9.17) is 4.74 Å². The number of hydrogen-bond donors (Lipinski definition) is 0. The highest BCUT2D eigenvalue weighted by atomic mass is 19.1. The van der Waals surface area contributed by atoms with Crippen LogP contribution in [-0.2, 0) is 35.6 Å². The topological polar surface area (TPSA) is 47.4 Å². The van der Waals surface area contributed by atoms with Gasteiger partial charge in [0.25, 0.3) is 0 Å². The molecule has 0 spiro atoms. The van der Waals surface area contributed by atoms with E-state index in [0.717, 1.165) is 48.2 Å². The highest BCUT2D eigenvalue weighted by Gasteiger charge is 2.25. The lowest BCUT2D eigenvalue weighted by atomic mass is 10.0. The van der Waals surface area contributed by atoms with Gasteiger partial charge in [-0.15, -0.1) is 0 Å². The second kappa shape index (κ2) is 7.48. The van der Waals surface area contributed by atoms with Gasteiger partial charge >= 0.3 is 5.97 Å². The molecule has 0 saturated carbocycles. The number of hydrogen-bond acceptors (Lipinski definition) is 4. The van der Waals surface area contributed by atoms with Crippen LogP contribution in [0.4, 0.5) is 4.39 Å². The van der Waals surface area contributed by atoms with Crippen molar-refractivity contribution in [2.45, 2.75) is 33.0 Å². The van der Waals surface area contributed by atoms with Crippen molar-refractivity contribution in [3.63, 3.8) is 0 Å². The van der Waals surface area contributed by atoms with Gasteiger partial charge in [-0.25, -0.2) is 4.39 Å². The first-order chi connectivity index (χ1) is 13.2. The first-order valence-corrected chi connectivity index (χ1v) is 9.22. The van der Waals surface area contributed by atoms with Crippen molar-refractivity contribution in [3.8, 4) is 0 Å². The molecule has 1 aliphatic heterocycles. The van der Waals surface area contributed by atoms with Crippen molar-refractivity contribution in [1.82, 2.24) is 14.5 Å². The van der Waals surface area contributed by atoms with E-state index in [-0.39, 0.29) is 18.3 Å². The Hall–Kier alpha value is -2.73. The summed E-state index contributed by atoms with van der Waals surface area (Å²) in [6.45, 7) is 4.75. The van der Waals surface area contributed by atoms with Gasteiger partial charge in [0.05, 0.1) is 6.61 Å². The Morgan fingerprint density at radius 2 is 2.07 bits per heavy atom. The van der Waals surface area contributed by atoms with Gasteiger partial charge in [0, 0.05) is 55.0 Å². The van der Waals surface area contributed by atoms with Crippen molar-refractivity contribution in [2.24, 2.45) is 0 Å². The fourth-order valence-electron chi connectivity index (χ4n) is 3.88. The summed E-state index contributed by atoms with van der Waals surface area (Å²) in [5, 5.41) is 0.883. The molecule has 3 aromatic rings. The standard InChI is InChI=1S/C21H22FN3O2/c1-2-27-21(26)14-25-19-4-3-16(22)11-17(19)18-13-24(10-7-20(18)25)12-15-5-8-23-9-6-15/h3-6,8-9,11H,2,7,10,12-14H2,1H3. The maximum atomic E-state index is 13.9. The molecule has 0 amide bonds. The monoisotopic (exact) mass is 367 g/mol. The molecular weight excluding hydrogens is 345 g/mol. The second-order valence-corrected chi connectivity index (χ2v) is 6.79. The fourth-order valence-corrected chi connectivity index (χ4v) is 3.88. The van der Waals surface area contributed by atoms with Gasteiger partial charge in [0.2, 0.25) is 0 Å². The molecule has 5 nitrogen and oxygen atoms in total. The summed E-state index contributed by atoms with van der Waals surface area (Å²) in [5.41, 5.74) is 4.30. The Morgan fingerprint density at radius 3 is 2.85 bits per heavy atom. The lowest BCUT2D eigenvalue weighted by molar-refractivity contribution is -0.143. The van der Waals surface area contributed by atoms with Gasteiger partial charge in [0.15, 0.2) is 0 Å². The van der Waals surface area contributed by atoms with Gasteiger partial charge in [-0.1, -0.05) is 0 Å². The van der Waals surface area contributed by atoms with Crippen LogP contribution >= 0.6 is 0 Å². The van der Waals surface area contributed by atoms with Crippen LogP contribution in [0.25, 0.3) is 10.9 Å². The predicted octanol–water partition coefficient (Wildman–Crippen LogP) is 3.30. The molecule has 0 N–H and O–H groups in total. The van der Waals surface area contributed by atoms with E-state index < -0.39 is 0 Å². The molecule has 0 saturated heterocycles. The van der Waals surface area contributed by atoms with Crippen LogP contribution in [0.5, 0.6) is 0 Å². The number of esters is 1. The van der Waals surface area contributed by atoms with Crippen LogP contribution in [0.3, 0.4) is 0 Å². The molecule has 1 aliphatic rings. The van der Waals surface area contributed by atoms with Crippen molar-refractivity contribution < 1.29 is 13.9 Å². The maximum absolute atomic E-state index is 13.9. The molecule has 3 heterocycles. The summed E-state index contributed by atoms with van der Waals surface area (Å²) in [5.74, 6) is -0.523. The minimum absolute atomic E-state index is 0.162. The summed E-state index contributed by atoms with van der Waals surface area (Å²) in [7, 11) is 0. The largest absolute Gasteiger partial charge is 0.465 e. The van der Waals surface area contributed by atoms with Crippen molar-refractivity contribution in [3.05, 3.63) is 65.4 Å². The summed E-state index contributed by atoms with van der Waals surface area (Å²) in [6, 6.07) is 8.81. The molecule has 27 heavy (non-hydrogen) atoms. The third kappa shape index (κ3) is 3.57. The van der Waals surface area contributed by atoms with Crippen LogP contribution < -0.4 is 0 Å². The van der Waals surface area contributed by atoms with Crippen LogP contribution in [0.2, 0.25) is 0 Å². The normalized spacial score (nSPS) is 14.3. The predicted molar refractivity (Wildman–Crippen MR) is 101 cm³/mol. The Balaban J connectivity index is 1.68. The Labute approximate surface area is 157 Å². The van der Waals surface area contributed by atoms with E-state index in [0.29, 0.717) is 6.61 Å². The summed E-state index contributed by atoms with van der Waals surface area (Å²) < 4.78 is 21.0. The molecule has 0 aliphatic carbocycles. The molecule has 0 radical (unpaired) electrons. The summed E-state index contributed by atoms with van der Waals surface area (Å²) in [4.78, 5) is 18.5. The number of pyridine rings is 1. The molecule has 140 valence electrons. The van der Waals surface area contributed by atoms with Crippen molar-refractivity contribution >= 4 is 16.9 Å². The van der Waals surface area contributed by atoms with E-state index in [1.54, 1.807) is 31.5 Å². The molecule has 0 fully saturated rings.